The van der Waals surface area contributed by atoms with Crippen LogP contribution in [0.5, 0.6) is 0 Å². The summed E-state index contributed by atoms with van der Waals surface area (Å²) in [7, 11) is 1.55. The normalized spacial score (nSPS) is 11.8. The predicted octanol–water partition coefficient (Wildman–Crippen LogP) is 1.76. The van der Waals surface area contributed by atoms with Gasteiger partial charge < -0.3 is 9.72 Å². The van der Waals surface area contributed by atoms with E-state index in [0.717, 1.165) is 0 Å². The highest BCUT2D eigenvalue weighted by Crippen LogP contribution is 2.19. The first kappa shape index (κ1) is 13.7. The lowest BCUT2D eigenvalue weighted by molar-refractivity contribution is -0.121. The molecule has 2 heterocycles. The van der Waals surface area contributed by atoms with Crippen molar-refractivity contribution in [1.29, 1.82) is 0 Å². The molecule has 0 aromatic carbocycles. The molecule has 0 unspecified atom stereocenters. The summed E-state index contributed by atoms with van der Waals surface area (Å²) in [5.41, 5.74) is 0.391. The smallest absolute Gasteiger partial charge is 0.233 e. The van der Waals surface area contributed by atoms with Gasteiger partial charge in [-0.3, -0.25) is 10.1 Å². The fraction of sp³-hybridized carbons (Fsp3) is 0.455. The molecule has 0 fully saturated rings. The highest BCUT2D eigenvalue weighted by molar-refractivity contribution is 6.33. The van der Waals surface area contributed by atoms with Gasteiger partial charge in [0.2, 0.25) is 11.9 Å². The van der Waals surface area contributed by atoms with E-state index in [4.69, 9.17) is 16.3 Å². The molecule has 7 nitrogen and oxygen atoms in total. The van der Waals surface area contributed by atoms with Gasteiger partial charge in [0.1, 0.15) is 5.52 Å². The number of aromatic nitrogens is 4. The Hall–Kier alpha value is -1.73. The number of methoxy groups -OCH3 is 1. The second-order valence-electron chi connectivity index (χ2n) is 4.63. The lowest BCUT2D eigenvalue weighted by Gasteiger charge is -2.21. The number of hydrogen-bond donors (Lipinski definition) is 2. The average molecular weight is 284 g/mol. The second kappa shape index (κ2) is 5.10. The molecule has 0 radical (unpaired) electrons. The van der Waals surface area contributed by atoms with Gasteiger partial charge in [-0.05, 0) is 13.8 Å². The SMILES string of the molecule is COC(C)(C)CC(=O)Nc1nc(Cl)c2[nH]cnc2n1. The minimum absolute atomic E-state index is 0.126. The monoisotopic (exact) mass is 283 g/mol. The summed E-state index contributed by atoms with van der Waals surface area (Å²) in [6.45, 7) is 3.63. The summed E-state index contributed by atoms with van der Waals surface area (Å²) >= 11 is 5.95. The van der Waals surface area contributed by atoms with Crippen molar-refractivity contribution in [2.24, 2.45) is 0 Å². The van der Waals surface area contributed by atoms with Gasteiger partial charge in [-0.1, -0.05) is 11.6 Å². The number of fused-ring (bicyclic) bond motifs is 1. The molecule has 2 N–H and O–H groups in total. The molecule has 0 saturated heterocycles. The number of carbonyl (C=O) groups is 1. The summed E-state index contributed by atoms with van der Waals surface area (Å²) in [6.07, 6.45) is 1.65. The van der Waals surface area contributed by atoms with Crippen LogP contribution in [0.3, 0.4) is 0 Å². The first-order valence-corrected chi connectivity index (χ1v) is 6.01. The number of H-pyrrole nitrogens is 1. The number of nitrogens with one attached hydrogen (secondary N) is 2. The van der Waals surface area contributed by atoms with Crippen LogP contribution < -0.4 is 5.32 Å². The zero-order chi connectivity index (χ0) is 14.0. The second-order valence-corrected chi connectivity index (χ2v) is 4.99. The highest BCUT2D eigenvalue weighted by Gasteiger charge is 2.22. The molecule has 0 bridgehead atoms. The van der Waals surface area contributed by atoms with Crippen LogP contribution in [0.4, 0.5) is 5.95 Å². The van der Waals surface area contributed by atoms with E-state index in [0.29, 0.717) is 11.2 Å². The number of rotatable bonds is 4. The molecule has 0 spiro atoms. The van der Waals surface area contributed by atoms with E-state index in [1.807, 2.05) is 13.8 Å². The van der Waals surface area contributed by atoms with Crippen molar-refractivity contribution in [2.45, 2.75) is 25.9 Å². The van der Waals surface area contributed by atoms with E-state index in [9.17, 15) is 4.79 Å². The van der Waals surface area contributed by atoms with E-state index < -0.39 is 5.60 Å². The minimum atomic E-state index is -0.551. The maximum Gasteiger partial charge on any atom is 0.233 e. The number of amides is 1. The summed E-state index contributed by atoms with van der Waals surface area (Å²) < 4.78 is 5.18. The topological polar surface area (TPSA) is 92.8 Å². The zero-order valence-corrected chi connectivity index (χ0v) is 11.6. The van der Waals surface area contributed by atoms with Crippen molar-refractivity contribution in [3.05, 3.63) is 11.5 Å². The van der Waals surface area contributed by atoms with Crippen LogP contribution >= 0.6 is 11.6 Å². The Morgan fingerprint density at radius 1 is 1.53 bits per heavy atom. The van der Waals surface area contributed by atoms with Crippen LogP contribution in [0.2, 0.25) is 5.15 Å². The average Bonchev–Trinajstić information content (AvgIpc) is 2.76. The predicted molar refractivity (Wildman–Crippen MR) is 71.0 cm³/mol. The summed E-state index contributed by atoms with van der Waals surface area (Å²) in [5, 5.41) is 2.79. The zero-order valence-electron chi connectivity index (χ0n) is 10.8. The fourth-order valence-corrected chi connectivity index (χ4v) is 1.70. The van der Waals surface area contributed by atoms with Crippen LogP contribution in [0.15, 0.2) is 6.33 Å². The Bertz CT molecular complexity index is 610. The maximum atomic E-state index is 11.8. The van der Waals surface area contributed by atoms with Gasteiger partial charge in [-0.15, -0.1) is 0 Å². The highest BCUT2D eigenvalue weighted by atomic mass is 35.5. The molecule has 19 heavy (non-hydrogen) atoms. The molecule has 2 aromatic rings. The fourth-order valence-electron chi connectivity index (χ4n) is 1.48. The molecule has 0 aliphatic heterocycles. The molecule has 1 amide bonds. The Morgan fingerprint density at radius 2 is 2.26 bits per heavy atom. The minimum Gasteiger partial charge on any atom is -0.378 e. The number of anilines is 1. The van der Waals surface area contributed by atoms with Crippen molar-refractivity contribution in [3.63, 3.8) is 0 Å². The summed E-state index contributed by atoms with van der Waals surface area (Å²) in [4.78, 5) is 26.7. The number of hydrogen-bond acceptors (Lipinski definition) is 5. The van der Waals surface area contributed by atoms with Crippen LogP contribution in [0, 0.1) is 0 Å². The molecule has 0 saturated carbocycles. The Balaban J connectivity index is 2.15. The molecule has 0 atom stereocenters. The van der Waals surface area contributed by atoms with Gasteiger partial charge >= 0.3 is 0 Å². The lowest BCUT2D eigenvalue weighted by atomic mass is 10.1. The third-order valence-corrected chi connectivity index (χ3v) is 2.91. The quantitative estimate of drug-likeness (QED) is 0.834. The van der Waals surface area contributed by atoms with E-state index in [1.54, 1.807) is 7.11 Å². The van der Waals surface area contributed by atoms with E-state index in [-0.39, 0.29) is 23.4 Å². The lowest BCUT2D eigenvalue weighted by Crippen LogP contribution is -2.30. The van der Waals surface area contributed by atoms with Crippen molar-refractivity contribution < 1.29 is 9.53 Å². The largest absolute Gasteiger partial charge is 0.378 e. The van der Waals surface area contributed by atoms with Gasteiger partial charge in [0.05, 0.1) is 18.3 Å². The number of carbonyl (C=O) groups excluding carboxylic acids is 1. The molecule has 102 valence electrons. The van der Waals surface area contributed by atoms with E-state index >= 15 is 0 Å². The van der Waals surface area contributed by atoms with Gasteiger partial charge in [0.15, 0.2) is 10.8 Å². The van der Waals surface area contributed by atoms with Gasteiger partial charge in [-0.25, -0.2) is 4.98 Å². The Morgan fingerprint density at radius 3 is 2.95 bits per heavy atom. The van der Waals surface area contributed by atoms with Gasteiger partial charge in [0.25, 0.3) is 0 Å². The number of aromatic amines is 1. The summed E-state index contributed by atoms with van der Waals surface area (Å²) in [6, 6.07) is 0. The molecule has 2 rings (SSSR count). The van der Waals surface area contributed by atoms with Crippen LogP contribution in [-0.4, -0.2) is 38.6 Å². The van der Waals surface area contributed by atoms with Crippen LogP contribution in [0.25, 0.3) is 11.2 Å². The molecule has 0 aliphatic rings. The maximum absolute atomic E-state index is 11.8. The third kappa shape index (κ3) is 3.18. The molecule has 0 aliphatic carbocycles. The van der Waals surface area contributed by atoms with Crippen LogP contribution in [-0.2, 0) is 9.53 Å². The molecule has 8 heteroatoms. The number of ether oxygens (including phenoxy) is 1. The van der Waals surface area contributed by atoms with Crippen molar-refractivity contribution in [2.75, 3.05) is 12.4 Å². The number of nitrogens with zero attached hydrogens (tertiary/aromatic N) is 3. The van der Waals surface area contributed by atoms with Crippen molar-refractivity contribution in [3.8, 4) is 0 Å². The molecular formula is C11H14ClN5O2. The van der Waals surface area contributed by atoms with E-state index in [2.05, 4.69) is 25.3 Å². The third-order valence-electron chi connectivity index (χ3n) is 2.63. The Kier molecular flexibility index (Phi) is 3.68. The van der Waals surface area contributed by atoms with Crippen LogP contribution in [0.1, 0.15) is 20.3 Å². The number of imidazole rings is 1. The first-order chi connectivity index (χ1) is 8.91. The summed E-state index contributed by atoms with van der Waals surface area (Å²) in [5.74, 6) is -0.126. The Labute approximate surface area is 114 Å². The molecular weight excluding hydrogens is 270 g/mol. The number of halogens is 1. The van der Waals surface area contributed by atoms with Gasteiger partial charge in [-0.2, -0.15) is 9.97 Å². The van der Waals surface area contributed by atoms with E-state index in [1.165, 1.54) is 6.33 Å². The standard InChI is InChI=1S/C11H14ClN5O2/c1-11(2,19-3)4-6(18)15-10-16-8(12)7-9(17-10)14-5-13-7/h5H,4H2,1-3H3,(H2,13,14,15,16,17,18). The first-order valence-electron chi connectivity index (χ1n) is 5.63. The molecule has 2 aromatic heterocycles. The van der Waals surface area contributed by atoms with Crippen molar-refractivity contribution in [1.82, 2.24) is 19.9 Å². The van der Waals surface area contributed by atoms with Gasteiger partial charge in [0, 0.05) is 7.11 Å². The van der Waals surface area contributed by atoms with Crippen molar-refractivity contribution >= 4 is 34.6 Å².